The van der Waals surface area contributed by atoms with Crippen LogP contribution in [-0.4, -0.2) is 62.3 Å². The summed E-state index contributed by atoms with van der Waals surface area (Å²) in [5, 5.41) is 0. The predicted molar refractivity (Wildman–Crippen MR) is 66.8 cm³/mol. The van der Waals surface area contributed by atoms with Gasteiger partial charge in [-0.3, -0.25) is 0 Å². The Morgan fingerprint density at radius 2 is 1.75 bits per heavy atom. The van der Waals surface area contributed by atoms with Gasteiger partial charge in [0.15, 0.2) is 0 Å². The molecule has 2 fully saturated rings. The van der Waals surface area contributed by atoms with Crippen molar-refractivity contribution in [3.8, 4) is 0 Å². The molecule has 3 heteroatoms. The van der Waals surface area contributed by atoms with Crippen LogP contribution in [0.5, 0.6) is 0 Å². The van der Waals surface area contributed by atoms with Crippen LogP contribution in [0.25, 0.3) is 0 Å². The molecule has 0 atom stereocenters. The van der Waals surface area contributed by atoms with Gasteiger partial charge < -0.3 is 14.5 Å². The third-order valence-corrected chi connectivity index (χ3v) is 4.04. The van der Waals surface area contributed by atoms with Gasteiger partial charge in [0.25, 0.3) is 0 Å². The van der Waals surface area contributed by atoms with Gasteiger partial charge in [0, 0.05) is 26.3 Å². The molecule has 0 amide bonds. The predicted octanol–water partition coefficient (Wildman–Crippen LogP) is 1.58. The van der Waals surface area contributed by atoms with E-state index in [-0.39, 0.29) is 0 Å². The van der Waals surface area contributed by atoms with Gasteiger partial charge in [0.2, 0.25) is 0 Å². The molecule has 2 saturated heterocycles. The maximum absolute atomic E-state index is 5.10. The molecule has 3 nitrogen and oxygen atoms in total. The van der Waals surface area contributed by atoms with E-state index in [9.17, 15) is 0 Å². The number of methoxy groups -OCH3 is 1. The number of hydrogen-bond acceptors (Lipinski definition) is 3. The highest BCUT2D eigenvalue weighted by Crippen LogP contribution is 2.20. The molecular weight excluding hydrogens is 200 g/mol. The van der Waals surface area contributed by atoms with E-state index >= 15 is 0 Å². The van der Waals surface area contributed by atoms with Crippen LogP contribution in [0.4, 0.5) is 0 Å². The fraction of sp³-hybridized carbons (Fsp3) is 1.00. The molecule has 0 radical (unpaired) electrons. The molecule has 0 saturated carbocycles. The molecule has 0 unspecified atom stereocenters. The Morgan fingerprint density at radius 3 is 2.38 bits per heavy atom. The quantitative estimate of drug-likeness (QED) is 0.662. The molecule has 0 aromatic rings. The van der Waals surface area contributed by atoms with E-state index in [2.05, 4.69) is 9.80 Å². The van der Waals surface area contributed by atoms with Gasteiger partial charge in [0.1, 0.15) is 0 Å². The molecule has 0 bridgehead atoms. The Morgan fingerprint density at radius 1 is 1.06 bits per heavy atom. The molecular formula is C13H26N2O. The van der Waals surface area contributed by atoms with E-state index in [1.807, 2.05) is 0 Å². The van der Waals surface area contributed by atoms with Crippen LogP contribution in [-0.2, 0) is 4.74 Å². The number of hydrogen-bond donors (Lipinski definition) is 0. The van der Waals surface area contributed by atoms with Crippen LogP contribution in [0.1, 0.15) is 32.1 Å². The van der Waals surface area contributed by atoms with Crippen molar-refractivity contribution in [2.24, 2.45) is 0 Å². The van der Waals surface area contributed by atoms with Crippen LogP contribution < -0.4 is 0 Å². The largest absolute Gasteiger partial charge is 0.385 e. The molecule has 2 aliphatic heterocycles. The summed E-state index contributed by atoms with van der Waals surface area (Å²) in [6.07, 6.45) is 6.80. The summed E-state index contributed by atoms with van der Waals surface area (Å²) in [6.45, 7) is 7.44. The third-order valence-electron chi connectivity index (χ3n) is 4.04. The highest BCUT2D eigenvalue weighted by Gasteiger charge is 2.25. The standard InChI is InChI=1S/C13H26N2O/c1-16-12-4-7-14-10-5-13(6-11-14)15-8-2-3-9-15/h13H,2-12H2,1H3. The minimum absolute atomic E-state index is 0.890. The van der Waals surface area contributed by atoms with E-state index in [1.54, 1.807) is 7.11 Å². The van der Waals surface area contributed by atoms with Gasteiger partial charge in [-0.05, 0) is 58.3 Å². The zero-order chi connectivity index (χ0) is 11.2. The number of rotatable bonds is 5. The molecule has 0 aromatic heterocycles. The lowest BCUT2D eigenvalue weighted by Crippen LogP contribution is -2.44. The van der Waals surface area contributed by atoms with Gasteiger partial charge in [-0.25, -0.2) is 0 Å². The SMILES string of the molecule is COCCCN1CCC(N2CCCC2)CC1. The van der Waals surface area contributed by atoms with Gasteiger partial charge in [0.05, 0.1) is 0 Å². The van der Waals surface area contributed by atoms with E-state index in [4.69, 9.17) is 4.74 Å². The summed E-state index contributed by atoms with van der Waals surface area (Å²) in [7, 11) is 1.79. The van der Waals surface area contributed by atoms with Crippen molar-refractivity contribution >= 4 is 0 Å². The highest BCUT2D eigenvalue weighted by atomic mass is 16.5. The third kappa shape index (κ3) is 3.44. The summed E-state index contributed by atoms with van der Waals surface area (Å²) < 4.78 is 5.10. The Balaban J connectivity index is 1.62. The van der Waals surface area contributed by atoms with Crippen LogP contribution >= 0.6 is 0 Å². The molecule has 0 N–H and O–H groups in total. The zero-order valence-electron chi connectivity index (χ0n) is 10.7. The molecule has 2 heterocycles. The second-order valence-corrected chi connectivity index (χ2v) is 5.16. The van der Waals surface area contributed by atoms with Crippen LogP contribution in [0.2, 0.25) is 0 Å². The normalized spacial score (nSPS) is 25.3. The van der Waals surface area contributed by atoms with Crippen molar-refractivity contribution in [3.63, 3.8) is 0 Å². The minimum atomic E-state index is 0.890. The molecule has 0 aromatic carbocycles. The van der Waals surface area contributed by atoms with Crippen molar-refractivity contribution < 1.29 is 4.74 Å². The number of ether oxygens (including phenoxy) is 1. The Hall–Kier alpha value is -0.120. The fourth-order valence-corrected chi connectivity index (χ4v) is 3.05. The van der Waals surface area contributed by atoms with E-state index in [1.165, 1.54) is 64.8 Å². The first-order valence-corrected chi connectivity index (χ1v) is 6.85. The second kappa shape index (κ2) is 6.58. The van der Waals surface area contributed by atoms with Gasteiger partial charge in [-0.15, -0.1) is 0 Å². The van der Waals surface area contributed by atoms with E-state index < -0.39 is 0 Å². The molecule has 2 aliphatic rings. The van der Waals surface area contributed by atoms with Crippen molar-refractivity contribution in [3.05, 3.63) is 0 Å². The monoisotopic (exact) mass is 226 g/mol. The van der Waals surface area contributed by atoms with Crippen molar-refractivity contribution in [2.45, 2.75) is 38.1 Å². The average Bonchev–Trinajstić information content (AvgIpc) is 2.84. The van der Waals surface area contributed by atoms with Crippen LogP contribution in [0.3, 0.4) is 0 Å². The molecule has 2 rings (SSSR count). The maximum Gasteiger partial charge on any atom is 0.0474 e. The van der Waals surface area contributed by atoms with E-state index in [0.717, 1.165) is 12.6 Å². The van der Waals surface area contributed by atoms with E-state index in [0.29, 0.717) is 0 Å². The number of nitrogens with zero attached hydrogens (tertiary/aromatic N) is 2. The smallest absolute Gasteiger partial charge is 0.0474 e. The lowest BCUT2D eigenvalue weighted by molar-refractivity contribution is 0.114. The summed E-state index contributed by atoms with van der Waals surface area (Å²) in [4.78, 5) is 5.32. The van der Waals surface area contributed by atoms with Gasteiger partial charge in [-0.1, -0.05) is 0 Å². The first-order chi connectivity index (χ1) is 7.90. The van der Waals surface area contributed by atoms with Crippen molar-refractivity contribution in [1.29, 1.82) is 0 Å². The average molecular weight is 226 g/mol. The zero-order valence-corrected chi connectivity index (χ0v) is 10.7. The molecule has 16 heavy (non-hydrogen) atoms. The summed E-state index contributed by atoms with van der Waals surface area (Å²) in [6, 6.07) is 0.890. The summed E-state index contributed by atoms with van der Waals surface area (Å²) in [5.41, 5.74) is 0. The lowest BCUT2D eigenvalue weighted by atomic mass is 10.0. The van der Waals surface area contributed by atoms with Crippen molar-refractivity contribution in [1.82, 2.24) is 9.80 Å². The Kier molecular flexibility index (Phi) is 5.07. The Bertz CT molecular complexity index is 184. The fourth-order valence-electron chi connectivity index (χ4n) is 3.05. The summed E-state index contributed by atoms with van der Waals surface area (Å²) >= 11 is 0. The van der Waals surface area contributed by atoms with Gasteiger partial charge >= 0.3 is 0 Å². The van der Waals surface area contributed by atoms with Crippen LogP contribution in [0.15, 0.2) is 0 Å². The first-order valence-electron chi connectivity index (χ1n) is 6.85. The minimum Gasteiger partial charge on any atom is -0.385 e. The Labute approximate surface area is 99.7 Å². The van der Waals surface area contributed by atoms with Crippen molar-refractivity contribution in [2.75, 3.05) is 46.4 Å². The highest BCUT2D eigenvalue weighted by molar-refractivity contribution is 4.82. The number of piperidine rings is 1. The second-order valence-electron chi connectivity index (χ2n) is 5.16. The topological polar surface area (TPSA) is 15.7 Å². The lowest BCUT2D eigenvalue weighted by Gasteiger charge is -2.36. The number of likely N-dealkylation sites (tertiary alicyclic amines) is 2. The van der Waals surface area contributed by atoms with Gasteiger partial charge in [-0.2, -0.15) is 0 Å². The first kappa shape index (κ1) is 12.3. The molecule has 94 valence electrons. The summed E-state index contributed by atoms with van der Waals surface area (Å²) in [5.74, 6) is 0. The van der Waals surface area contributed by atoms with Crippen LogP contribution in [0, 0.1) is 0 Å². The maximum atomic E-state index is 5.10. The molecule has 0 spiro atoms. The molecule has 0 aliphatic carbocycles.